The van der Waals surface area contributed by atoms with Crippen molar-refractivity contribution >= 4 is 12.0 Å². The molecule has 0 aromatic carbocycles. The lowest BCUT2D eigenvalue weighted by Crippen LogP contribution is -1.98. The van der Waals surface area contributed by atoms with E-state index in [1.54, 1.807) is 12.1 Å². The van der Waals surface area contributed by atoms with Gasteiger partial charge < -0.3 is 9.84 Å². The van der Waals surface area contributed by atoms with Gasteiger partial charge in [0.15, 0.2) is 0 Å². The van der Waals surface area contributed by atoms with Crippen molar-refractivity contribution in [2.45, 2.75) is 0 Å². The molecule has 1 rings (SSSR count). The molecule has 0 aliphatic heterocycles. The Morgan fingerprint density at radius 1 is 1.60 bits per heavy atom. The first-order valence-electron chi connectivity index (χ1n) is 4.28. The molecule has 1 heterocycles. The van der Waals surface area contributed by atoms with Crippen LogP contribution in [0.25, 0.3) is 6.08 Å². The standard InChI is InChI=1S/C10H10FNO3/c11-5-6-15-9-3-1-8(12-7-9)2-4-10(13)14/h1-4,7H,5-6H2,(H,13,14)/b4-2+. The Balaban J connectivity index is 2.60. The normalized spacial score (nSPS) is 10.5. The first kappa shape index (κ1) is 11.2. The van der Waals surface area contributed by atoms with E-state index < -0.39 is 12.6 Å². The summed E-state index contributed by atoms with van der Waals surface area (Å²) in [7, 11) is 0. The van der Waals surface area contributed by atoms with Gasteiger partial charge in [0.1, 0.15) is 19.0 Å². The predicted molar refractivity (Wildman–Crippen MR) is 52.4 cm³/mol. The van der Waals surface area contributed by atoms with Gasteiger partial charge in [0.2, 0.25) is 0 Å². The van der Waals surface area contributed by atoms with Crippen LogP contribution in [0.3, 0.4) is 0 Å². The van der Waals surface area contributed by atoms with E-state index in [0.29, 0.717) is 11.4 Å². The van der Waals surface area contributed by atoms with Gasteiger partial charge in [0.25, 0.3) is 0 Å². The lowest BCUT2D eigenvalue weighted by molar-refractivity contribution is -0.131. The van der Waals surface area contributed by atoms with Crippen molar-refractivity contribution in [3.8, 4) is 5.75 Å². The second-order valence-corrected chi connectivity index (χ2v) is 2.63. The number of hydrogen-bond donors (Lipinski definition) is 1. The van der Waals surface area contributed by atoms with E-state index in [0.717, 1.165) is 6.08 Å². The fourth-order valence-corrected chi connectivity index (χ4v) is 0.889. The average molecular weight is 211 g/mol. The molecular weight excluding hydrogens is 201 g/mol. The van der Waals surface area contributed by atoms with Crippen molar-refractivity contribution in [2.24, 2.45) is 0 Å². The Hall–Kier alpha value is -1.91. The summed E-state index contributed by atoms with van der Waals surface area (Å²) in [6.45, 7) is -0.563. The number of nitrogens with zero attached hydrogens (tertiary/aromatic N) is 1. The third kappa shape index (κ3) is 4.21. The Bertz CT molecular complexity index is 348. The SMILES string of the molecule is O=C(O)/C=C/c1ccc(OCCF)cn1. The van der Waals surface area contributed by atoms with Crippen LogP contribution in [0.4, 0.5) is 4.39 Å². The lowest BCUT2D eigenvalue weighted by Gasteiger charge is -2.02. The minimum atomic E-state index is -1.03. The summed E-state index contributed by atoms with van der Waals surface area (Å²) in [5.74, 6) is -0.574. The van der Waals surface area contributed by atoms with E-state index in [1.807, 2.05) is 0 Å². The Kier molecular flexibility index (Phi) is 4.28. The van der Waals surface area contributed by atoms with E-state index in [2.05, 4.69) is 4.98 Å². The van der Waals surface area contributed by atoms with Crippen molar-refractivity contribution in [1.29, 1.82) is 0 Å². The van der Waals surface area contributed by atoms with Crippen LogP contribution in [0.2, 0.25) is 0 Å². The maximum absolute atomic E-state index is 11.7. The van der Waals surface area contributed by atoms with Crippen molar-refractivity contribution in [1.82, 2.24) is 4.98 Å². The first-order chi connectivity index (χ1) is 7.22. The van der Waals surface area contributed by atoms with Crippen molar-refractivity contribution in [3.05, 3.63) is 30.1 Å². The van der Waals surface area contributed by atoms with Crippen molar-refractivity contribution in [2.75, 3.05) is 13.3 Å². The molecule has 1 aromatic rings. The van der Waals surface area contributed by atoms with E-state index in [9.17, 15) is 9.18 Å². The summed E-state index contributed by atoms with van der Waals surface area (Å²) in [6.07, 6.45) is 3.77. The lowest BCUT2D eigenvalue weighted by atomic mass is 10.3. The number of pyridine rings is 1. The number of carboxylic acids is 1. The van der Waals surface area contributed by atoms with Gasteiger partial charge >= 0.3 is 5.97 Å². The number of ether oxygens (including phenoxy) is 1. The van der Waals surface area contributed by atoms with Gasteiger partial charge in [-0.2, -0.15) is 0 Å². The highest BCUT2D eigenvalue weighted by Gasteiger charge is 1.94. The summed E-state index contributed by atoms with van der Waals surface area (Å²) < 4.78 is 16.7. The molecule has 1 N–H and O–H groups in total. The maximum Gasteiger partial charge on any atom is 0.328 e. The zero-order valence-electron chi connectivity index (χ0n) is 7.89. The number of halogens is 1. The van der Waals surface area contributed by atoms with Gasteiger partial charge in [-0.05, 0) is 18.2 Å². The van der Waals surface area contributed by atoms with Crippen LogP contribution in [0, 0.1) is 0 Å². The van der Waals surface area contributed by atoms with Gasteiger partial charge in [-0.3, -0.25) is 4.98 Å². The summed E-state index contributed by atoms with van der Waals surface area (Å²) >= 11 is 0. The molecule has 0 saturated carbocycles. The number of aromatic nitrogens is 1. The summed E-state index contributed by atoms with van der Waals surface area (Å²) in [5, 5.41) is 8.36. The molecule has 0 saturated heterocycles. The van der Waals surface area contributed by atoms with E-state index in [-0.39, 0.29) is 6.61 Å². The quantitative estimate of drug-likeness (QED) is 0.750. The fraction of sp³-hybridized carbons (Fsp3) is 0.200. The number of alkyl halides is 1. The minimum Gasteiger partial charge on any atom is -0.489 e. The molecule has 15 heavy (non-hydrogen) atoms. The van der Waals surface area contributed by atoms with Gasteiger partial charge in [-0.15, -0.1) is 0 Å². The summed E-state index contributed by atoms with van der Waals surface area (Å²) in [6, 6.07) is 3.19. The number of aliphatic carboxylic acids is 1. The number of carboxylic acid groups (broad SMARTS) is 1. The predicted octanol–water partition coefficient (Wildman–Crippen LogP) is 1.53. The Morgan fingerprint density at radius 3 is 2.93 bits per heavy atom. The molecule has 0 spiro atoms. The third-order valence-electron chi connectivity index (χ3n) is 1.50. The topological polar surface area (TPSA) is 59.4 Å². The van der Waals surface area contributed by atoms with Crippen molar-refractivity contribution in [3.63, 3.8) is 0 Å². The molecule has 0 aliphatic carbocycles. The number of carbonyl (C=O) groups is 1. The molecule has 0 fully saturated rings. The molecule has 5 heteroatoms. The third-order valence-corrected chi connectivity index (χ3v) is 1.50. The second kappa shape index (κ2) is 5.74. The van der Waals surface area contributed by atoms with Gasteiger partial charge in [-0.25, -0.2) is 9.18 Å². The second-order valence-electron chi connectivity index (χ2n) is 2.63. The molecular formula is C10H10FNO3. The van der Waals surface area contributed by atoms with Crippen LogP contribution in [0.5, 0.6) is 5.75 Å². The van der Waals surface area contributed by atoms with Gasteiger partial charge in [0.05, 0.1) is 11.9 Å². The van der Waals surface area contributed by atoms with Crippen LogP contribution >= 0.6 is 0 Å². The van der Waals surface area contributed by atoms with E-state index >= 15 is 0 Å². The largest absolute Gasteiger partial charge is 0.489 e. The Morgan fingerprint density at radius 2 is 2.40 bits per heavy atom. The minimum absolute atomic E-state index is 0.00794. The zero-order chi connectivity index (χ0) is 11.1. The fourth-order valence-electron chi connectivity index (χ4n) is 0.889. The smallest absolute Gasteiger partial charge is 0.328 e. The molecule has 0 aliphatic rings. The molecule has 80 valence electrons. The molecule has 0 atom stereocenters. The maximum atomic E-state index is 11.7. The molecule has 1 aromatic heterocycles. The molecule has 0 radical (unpaired) electrons. The van der Waals surface area contributed by atoms with E-state index in [4.69, 9.17) is 9.84 Å². The molecule has 0 bridgehead atoms. The molecule has 0 amide bonds. The molecule has 0 unspecified atom stereocenters. The van der Waals surface area contributed by atoms with Crippen LogP contribution in [-0.2, 0) is 4.79 Å². The van der Waals surface area contributed by atoms with Crippen molar-refractivity contribution < 1.29 is 19.0 Å². The summed E-state index contributed by atoms with van der Waals surface area (Å²) in [4.78, 5) is 14.1. The number of hydrogen-bond acceptors (Lipinski definition) is 3. The highest BCUT2D eigenvalue weighted by atomic mass is 19.1. The highest BCUT2D eigenvalue weighted by molar-refractivity contribution is 5.84. The zero-order valence-corrected chi connectivity index (χ0v) is 7.89. The Labute approximate surface area is 86.0 Å². The van der Waals surface area contributed by atoms with Gasteiger partial charge in [0, 0.05) is 6.08 Å². The molecule has 4 nitrogen and oxygen atoms in total. The van der Waals surface area contributed by atoms with Crippen LogP contribution in [0.15, 0.2) is 24.4 Å². The number of rotatable bonds is 5. The van der Waals surface area contributed by atoms with Gasteiger partial charge in [-0.1, -0.05) is 0 Å². The first-order valence-corrected chi connectivity index (χ1v) is 4.28. The van der Waals surface area contributed by atoms with Crippen LogP contribution < -0.4 is 4.74 Å². The van der Waals surface area contributed by atoms with Crippen LogP contribution in [0.1, 0.15) is 5.69 Å². The monoisotopic (exact) mass is 211 g/mol. The van der Waals surface area contributed by atoms with E-state index in [1.165, 1.54) is 12.3 Å². The average Bonchev–Trinajstić information content (AvgIpc) is 2.25. The highest BCUT2D eigenvalue weighted by Crippen LogP contribution is 2.09. The van der Waals surface area contributed by atoms with Crippen LogP contribution in [-0.4, -0.2) is 29.3 Å². The summed E-state index contributed by atoms with van der Waals surface area (Å²) in [5.41, 5.74) is 0.505.